The number of carbonyl (C=O) groups is 3. The lowest BCUT2D eigenvalue weighted by Crippen LogP contribution is -2.35. The summed E-state index contributed by atoms with van der Waals surface area (Å²) < 4.78 is 5.19. The highest BCUT2D eigenvalue weighted by Gasteiger charge is 2.22. The zero-order valence-corrected chi connectivity index (χ0v) is 17.9. The molecule has 0 radical (unpaired) electrons. The first-order valence-corrected chi connectivity index (χ1v) is 10.3. The number of anilines is 2. The van der Waals surface area contributed by atoms with E-state index >= 15 is 0 Å². The molecule has 2 aromatic carbocycles. The molecule has 3 rings (SSSR count). The SMILES string of the molecule is Cc1cc(N(CCC#N)C(=O)COC(=O)c2ccc(N3CCCC3=O)cc2)ccc1Cl. The van der Waals surface area contributed by atoms with Crippen molar-refractivity contribution in [1.82, 2.24) is 0 Å². The summed E-state index contributed by atoms with van der Waals surface area (Å²) in [5, 5.41) is 9.48. The third kappa shape index (κ3) is 5.41. The van der Waals surface area contributed by atoms with Crippen molar-refractivity contribution in [1.29, 1.82) is 5.26 Å². The molecule has 1 heterocycles. The summed E-state index contributed by atoms with van der Waals surface area (Å²) in [6.07, 6.45) is 1.49. The van der Waals surface area contributed by atoms with Crippen molar-refractivity contribution < 1.29 is 19.1 Å². The molecule has 0 N–H and O–H groups in total. The number of aryl methyl sites for hydroxylation is 1. The van der Waals surface area contributed by atoms with Crippen molar-refractivity contribution >= 4 is 40.8 Å². The van der Waals surface area contributed by atoms with E-state index in [0.29, 0.717) is 23.7 Å². The van der Waals surface area contributed by atoms with Crippen LogP contribution in [-0.2, 0) is 14.3 Å². The maximum atomic E-state index is 12.7. The van der Waals surface area contributed by atoms with E-state index in [4.69, 9.17) is 21.6 Å². The number of benzene rings is 2. The summed E-state index contributed by atoms with van der Waals surface area (Å²) in [5.74, 6) is -1.01. The number of carbonyl (C=O) groups excluding carboxylic acids is 3. The number of rotatable bonds is 7. The second kappa shape index (κ2) is 10.1. The van der Waals surface area contributed by atoms with Gasteiger partial charge in [0.05, 0.1) is 18.1 Å². The van der Waals surface area contributed by atoms with Crippen LogP contribution >= 0.6 is 11.6 Å². The van der Waals surface area contributed by atoms with Gasteiger partial charge in [0.25, 0.3) is 5.91 Å². The first-order valence-electron chi connectivity index (χ1n) is 9.91. The lowest BCUT2D eigenvalue weighted by Gasteiger charge is -2.22. The van der Waals surface area contributed by atoms with Gasteiger partial charge in [0.15, 0.2) is 6.61 Å². The number of nitriles is 1. The number of ether oxygens (including phenoxy) is 1. The minimum Gasteiger partial charge on any atom is -0.452 e. The van der Waals surface area contributed by atoms with Gasteiger partial charge in [0.1, 0.15) is 0 Å². The smallest absolute Gasteiger partial charge is 0.338 e. The van der Waals surface area contributed by atoms with Crippen molar-refractivity contribution in [3.8, 4) is 6.07 Å². The van der Waals surface area contributed by atoms with Crippen LogP contribution in [0.2, 0.25) is 5.02 Å². The molecule has 1 aliphatic heterocycles. The summed E-state index contributed by atoms with van der Waals surface area (Å²) in [6.45, 7) is 2.20. The van der Waals surface area contributed by atoms with Crippen LogP contribution in [0.15, 0.2) is 42.5 Å². The van der Waals surface area contributed by atoms with Gasteiger partial charge in [0, 0.05) is 35.9 Å². The molecule has 2 aromatic rings. The molecule has 0 atom stereocenters. The normalized spacial score (nSPS) is 13.1. The predicted octanol–water partition coefficient (Wildman–Crippen LogP) is 3.88. The van der Waals surface area contributed by atoms with Crippen molar-refractivity contribution in [2.24, 2.45) is 0 Å². The number of hydrogen-bond donors (Lipinski definition) is 0. The summed E-state index contributed by atoms with van der Waals surface area (Å²) in [6, 6.07) is 13.7. The molecule has 0 spiro atoms. The number of esters is 1. The first kappa shape index (κ1) is 22.3. The summed E-state index contributed by atoms with van der Waals surface area (Å²) in [4.78, 5) is 40.0. The first-order chi connectivity index (χ1) is 14.9. The Bertz CT molecular complexity index is 1030. The number of amides is 2. The van der Waals surface area contributed by atoms with Gasteiger partial charge in [-0.05, 0) is 61.4 Å². The molecule has 1 saturated heterocycles. The zero-order chi connectivity index (χ0) is 22.4. The molecule has 1 fully saturated rings. The summed E-state index contributed by atoms with van der Waals surface area (Å²) in [5.41, 5.74) is 2.39. The quantitative estimate of drug-likeness (QED) is 0.610. The molecular formula is C23H22ClN3O4. The van der Waals surface area contributed by atoms with Gasteiger partial charge in [-0.3, -0.25) is 9.59 Å². The topological polar surface area (TPSA) is 90.7 Å². The maximum absolute atomic E-state index is 12.7. The van der Waals surface area contributed by atoms with Gasteiger partial charge in [-0.25, -0.2) is 4.79 Å². The Morgan fingerprint density at radius 2 is 1.97 bits per heavy atom. The van der Waals surface area contributed by atoms with Crippen molar-refractivity contribution in [2.45, 2.75) is 26.2 Å². The van der Waals surface area contributed by atoms with Crippen LogP contribution in [0.25, 0.3) is 0 Å². The van der Waals surface area contributed by atoms with E-state index in [0.717, 1.165) is 17.7 Å². The Labute approximate surface area is 185 Å². The lowest BCUT2D eigenvalue weighted by atomic mass is 10.2. The summed E-state index contributed by atoms with van der Waals surface area (Å²) in [7, 11) is 0. The van der Waals surface area contributed by atoms with Gasteiger partial charge < -0.3 is 14.5 Å². The average molecular weight is 440 g/mol. The zero-order valence-electron chi connectivity index (χ0n) is 17.1. The van der Waals surface area contributed by atoms with Crippen LogP contribution in [-0.4, -0.2) is 37.5 Å². The van der Waals surface area contributed by atoms with Crippen LogP contribution in [0, 0.1) is 18.3 Å². The highest BCUT2D eigenvalue weighted by molar-refractivity contribution is 6.31. The molecule has 0 aliphatic carbocycles. The van der Waals surface area contributed by atoms with Crippen molar-refractivity contribution in [3.63, 3.8) is 0 Å². The average Bonchev–Trinajstić information content (AvgIpc) is 3.20. The lowest BCUT2D eigenvalue weighted by molar-refractivity contribution is -0.121. The van der Waals surface area contributed by atoms with Crippen LogP contribution in [0.1, 0.15) is 35.2 Å². The standard InChI is InChI=1S/C23H22ClN3O4/c1-16-14-19(9-10-20(16)24)27(13-3-11-25)22(29)15-31-23(30)17-5-7-18(8-6-17)26-12-2-4-21(26)28/h5-10,14H,2-4,12-13,15H2,1H3. The van der Waals surface area contributed by atoms with Crippen LogP contribution in [0.3, 0.4) is 0 Å². The van der Waals surface area contributed by atoms with Crippen LogP contribution in [0.4, 0.5) is 11.4 Å². The van der Waals surface area contributed by atoms with E-state index in [2.05, 4.69) is 0 Å². The Hall–Kier alpha value is -3.37. The third-order valence-corrected chi connectivity index (χ3v) is 5.44. The Morgan fingerprint density at radius 1 is 1.23 bits per heavy atom. The molecule has 160 valence electrons. The van der Waals surface area contributed by atoms with Crippen molar-refractivity contribution in [2.75, 3.05) is 29.5 Å². The number of hydrogen-bond acceptors (Lipinski definition) is 5. The van der Waals surface area contributed by atoms with Gasteiger partial charge in [0.2, 0.25) is 5.91 Å². The molecule has 8 heteroatoms. The fraction of sp³-hybridized carbons (Fsp3) is 0.304. The fourth-order valence-corrected chi connectivity index (χ4v) is 3.46. The third-order valence-electron chi connectivity index (χ3n) is 5.02. The van der Waals surface area contributed by atoms with Gasteiger partial charge in [-0.2, -0.15) is 5.26 Å². The molecular weight excluding hydrogens is 418 g/mol. The monoisotopic (exact) mass is 439 g/mol. The van der Waals surface area contributed by atoms with E-state index in [1.807, 2.05) is 13.0 Å². The van der Waals surface area contributed by atoms with Crippen LogP contribution < -0.4 is 9.80 Å². The molecule has 0 saturated carbocycles. The number of halogens is 1. The highest BCUT2D eigenvalue weighted by Crippen LogP contribution is 2.24. The second-order valence-electron chi connectivity index (χ2n) is 7.16. The molecule has 7 nitrogen and oxygen atoms in total. The van der Waals surface area contributed by atoms with Gasteiger partial charge >= 0.3 is 5.97 Å². The highest BCUT2D eigenvalue weighted by atomic mass is 35.5. The largest absolute Gasteiger partial charge is 0.452 e. The van der Waals surface area contributed by atoms with Crippen molar-refractivity contribution in [3.05, 3.63) is 58.6 Å². The Morgan fingerprint density at radius 3 is 2.58 bits per heavy atom. The Balaban J connectivity index is 1.64. The van der Waals surface area contributed by atoms with E-state index < -0.39 is 18.5 Å². The molecule has 1 aliphatic rings. The van der Waals surface area contributed by atoms with E-state index in [1.165, 1.54) is 4.90 Å². The molecule has 31 heavy (non-hydrogen) atoms. The molecule has 0 aromatic heterocycles. The second-order valence-corrected chi connectivity index (χ2v) is 7.57. The molecule has 0 unspecified atom stereocenters. The fourth-order valence-electron chi connectivity index (χ4n) is 3.34. The molecule has 2 amide bonds. The van der Waals surface area contributed by atoms with E-state index in [9.17, 15) is 14.4 Å². The maximum Gasteiger partial charge on any atom is 0.338 e. The minimum atomic E-state index is -0.639. The van der Waals surface area contributed by atoms with Gasteiger partial charge in [-0.15, -0.1) is 0 Å². The molecule has 0 bridgehead atoms. The minimum absolute atomic E-state index is 0.0656. The van der Waals surface area contributed by atoms with Gasteiger partial charge in [-0.1, -0.05) is 11.6 Å². The summed E-state index contributed by atoms with van der Waals surface area (Å²) >= 11 is 6.05. The van der Waals surface area contributed by atoms with E-state index in [-0.39, 0.29) is 24.4 Å². The Kier molecular flexibility index (Phi) is 7.27. The van der Waals surface area contributed by atoms with Crippen LogP contribution in [0.5, 0.6) is 0 Å². The number of nitrogens with zero attached hydrogens (tertiary/aromatic N) is 3. The van der Waals surface area contributed by atoms with E-state index in [1.54, 1.807) is 47.4 Å². The predicted molar refractivity (Wildman–Crippen MR) is 117 cm³/mol.